The summed E-state index contributed by atoms with van der Waals surface area (Å²) in [6.07, 6.45) is 0. The van der Waals surface area contributed by atoms with E-state index in [0.29, 0.717) is 0 Å². The molecule has 3 N–H and O–H groups in total. The zero-order valence-corrected chi connectivity index (χ0v) is 11.7. The molecule has 0 fully saturated rings. The molecule has 5 heteroatoms. The van der Waals surface area contributed by atoms with Gasteiger partial charge in [0.15, 0.2) is 5.84 Å². The lowest BCUT2D eigenvalue weighted by molar-refractivity contribution is 0.318. The summed E-state index contributed by atoms with van der Waals surface area (Å²) in [6, 6.07) is 15.3. The van der Waals surface area contributed by atoms with E-state index < -0.39 is 0 Å². The number of nitrogens with two attached hydrogens (primary N) is 1. The summed E-state index contributed by atoms with van der Waals surface area (Å²) < 4.78 is 0. The molecule has 0 aliphatic carbocycles. The van der Waals surface area contributed by atoms with E-state index in [1.807, 2.05) is 48.5 Å². The molecule has 0 atom stereocenters. The van der Waals surface area contributed by atoms with Gasteiger partial charge in [0.05, 0.1) is 0 Å². The monoisotopic (exact) mass is 292 g/mol. The Morgan fingerprint density at radius 1 is 1.16 bits per heavy atom. The third-order valence-electron chi connectivity index (χ3n) is 2.61. The van der Waals surface area contributed by atoms with Crippen LogP contribution < -0.4 is 5.73 Å². The van der Waals surface area contributed by atoms with E-state index in [2.05, 4.69) is 5.16 Å². The van der Waals surface area contributed by atoms with E-state index in [4.69, 9.17) is 22.5 Å². The van der Waals surface area contributed by atoms with Crippen molar-refractivity contribution in [2.45, 2.75) is 10.6 Å². The second-order valence-electron chi connectivity index (χ2n) is 3.86. The molecule has 3 nitrogen and oxygen atoms in total. The van der Waals surface area contributed by atoms with Crippen LogP contribution in [0.4, 0.5) is 0 Å². The zero-order chi connectivity index (χ0) is 13.7. The summed E-state index contributed by atoms with van der Waals surface area (Å²) in [5.41, 5.74) is 7.44. The minimum Gasteiger partial charge on any atom is -0.409 e. The SMILES string of the molecule is N/C(=N/O)c1ccccc1SCc1ccccc1Cl. The van der Waals surface area contributed by atoms with Crippen molar-refractivity contribution in [1.29, 1.82) is 0 Å². The molecule has 0 aliphatic rings. The summed E-state index contributed by atoms with van der Waals surface area (Å²) in [5.74, 6) is 0.845. The summed E-state index contributed by atoms with van der Waals surface area (Å²) >= 11 is 7.72. The third kappa shape index (κ3) is 3.43. The second kappa shape index (κ2) is 6.50. The van der Waals surface area contributed by atoms with Gasteiger partial charge in [-0.2, -0.15) is 0 Å². The van der Waals surface area contributed by atoms with Crippen LogP contribution in [0.15, 0.2) is 58.6 Å². The van der Waals surface area contributed by atoms with Crippen molar-refractivity contribution in [3.8, 4) is 0 Å². The van der Waals surface area contributed by atoms with Crippen LogP contribution in [0.5, 0.6) is 0 Å². The van der Waals surface area contributed by atoms with Gasteiger partial charge in [0.25, 0.3) is 0 Å². The van der Waals surface area contributed by atoms with Crippen molar-refractivity contribution >= 4 is 29.2 Å². The molecule has 0 spiro atoms. The molecule has 0 aromatic heterocycles. The van der Waals surface area contributed by atoms with Gasteiger partial charge in [-0.15, -0.1) is 11.8 Å². The zero-order valence-electron chi connectivity index (χ0n) is 10.1. The van der Waals surface area contributed by atoms with Crippen molar-refractivity contribution < 1.29 is 5.21 Å². The summed E-state index contributed by atoms with van der Waals surface area (Å²) in [7, 11) is 0. The van der Waals surface area contributed by atoms with Crippen molar-refractivity contribution in [2.75, 3.05) is 0 Å². The predicted molar refractivity (Wildman–Crippen MR) is 80.0 cm³/mol. The van der Waals surface area contributed by atoms with Gasteiger partial charge in [-0.1, -0.05) is 53.2 Å². The van der Waals surface area contributed by atoms with Gasteiger partial charge in [-0.3, -0.25) is 0 Å². The first-order valence-electron chi connectivity index (χ1n) is 5.65. The Morgan fingerprint density at radius 2 is 1.84 bits per heavy atom. The highest BCUT2D eigenvalue weighted by Gasteiger charge is 2.08. The average Bonchev–Trinajstić information content (AvgIpc) is 2.46. The summed E-state index contributed by atoms with van der Waals surface area (Å²) in [6.45, 7) is 0. The Hall–Kier alpha value is -1.65. The van der Waals surface area contributed by atoms with Crippen LogP contribution in [0.3, 0.4) is 0 Å². The first-order chi connectivity index (χ1) is 9.22. The van der Waals surface area contributed by atoms with Gasteiger partial charge in [-0.05, 0) is 17.7 Å². The van der Waals surface area contributed by atoms with E-state index >= 15 is 0 Å². The van der Waals surface area contributed by atoms with Crippen molar-refractivity contribution in [3.63, 3.8) is 0 Å². The summed E-state index contributed by atoms with van der Waals surface area (Å²) in [5, 5.41) is 12.6. The number of rotatable bonds is 4. The molecule has 0 saturated carbocycles. The Kier molecular flexibility index (Phi) is 4.71. The van der Waals surface area contributed by atoms with Crippen LogP contribution in [0, 0.1) is 0 Å². The third-order valence-corrected chi connectivity index (χ3v) is 4.10. The highest BCUT2D eigenvalue weighted by molar-refractivity contribution is 7.98. The van der Waals surface area contributed by atoms with Gasteiger partial charge in [0, 0.05) is 21.2 Å². The molecule has 0 bridgehead atoms. The van der Waals surface area contributed by atoms with E-state index in [1.165, 1.54) is 0 Å². The molecule has 0 aliphatic heterocycles. The first-order valence-corrected chi connectivity index (χ1v) is 7.02. The number of hydrogen-bond donors (Lipinski definition) is 2. The van der Waals surface area contributed by atoms with E-state index in [-0.39, 0.29) is 5.84 Å². The fraction of sp³-hybridized carbons (Fsp3) is 0.0714. The van der Waals surface area contributed by atoms with Gasteiger partial charge in [-0.25, -0.2) is 0 Å². The molecule has 0 heterocycles. The van der Waals surface area contributed by atoms with Gasteiger partial charge in [0.2, 0.25) is 0 Å². The van der Waals surface area contributed by atoms with Crippen LogP contribution in [0.1, 0.15) is 11.1 Å². The minimum atomic E-state index is 0.113. The largest absolute Gasteiger partial charge is 0.409 e. The lowest BCUT2D eigenvalue weighted by atomic mass is 10.2. The van der Waals surface area contributed by atoms with Gasteiger partial charge >= 0.3 is 0 Å². The number of hydrogen-bond acceptors (Lipinski definition) is 3. The lowest BCUT2D eigenvalue weighted by Crippen LogP contribution is -2.14. The van der Waals surface area contributed by atoms with Crippen LogP contribution in [-0.2, 0) is 5.75 Å². The molecule has 2 aromatic carbocycles. The molecule has 2 aromatic rings. The molecule has 0 radical (unpaired) electrons. The second-order valence-corrected chi connectivity index (χ2v) is 5.29. The number of thioether (sulfide) groups is 1. The molecule has 0 saturated heterocycles. The van der Waals surface area contributed by atoms with E-state index in [0.717, 1.165) is 26.8 Å². The van der Waals surface area contributed by atoms with E-state index in [9.17, 15) is 0 Å². The minimum absolute atomic E-state index is 0.113. The maximum Gasteiger partial charge on any atom is 0.171 e. The Labute approximate surface area is 121 Å². The quantitative estimate of drug-likeness (QED) is 0.297. The molecular weight excluding hydrogens is 280 g/mol. The van der Waals surface area contributed by atoms with Crippen LogP contribution >= 0.6 is 23.4 Å². The predicted octanol–water partition coefficient (Wildman–Crippen LogP) is 3.73. The Bertz CT molecular complexity index is 602. The maximum atomic E-state index is 8.77. The van der Waals surface area contributed by atoms with Crippen LogP contribution in [0.25, 0.3) is 0 Å². The maximum absolute atomic E-state index is 8.77. The highest BCUT2D eigenvalue weighted by Crippen LogP contribution is 2.28. The molecule has 2 rings (SSSR count). The van der Waals surface area contributed by atoms with Gasteiger partial charge in [0.1, 0.15) is 0 Å². The molecule has 0 unspecified atom stereocenters. The van der Waals surface area contributed by atoms with Crippen LogP contribution in [-0.4, -0.2) is 11.0 Å². The number of amidine groups is 1. The number of oxime groups is 1. The van der Waals surface area contributed by atoms with E-state index in [1.54, 1.807) is 11.8 Å². The molecule has 0 amide bonds. The topological polar surface area (TPSA) is 58.6 Å². The number of halogens is 1. The van der Waals surface area contributed by atoms with Crippen molar-refractivity contribution in [2.24, 2.45) is 10.9 Å². The fourth-order valence-corrected chi connectivity index (χ4v) is 2.98. The number of nitrogens with zero attached hydrogens (tertiary/aromatic N) is 1. The fourth-order valence-electron chi connectivity index (χ4n) is 1.63. The Morgan fingerprint density at radius 3 is 2.58 bits per heavy atom. The molecular formula is C14H13ClN2OS. The molecule has 19 heavy (non-hydrogen) atoms. The lowest BCUT2D eigenvalue weighted by Gasteiger charge is -2.08. The molecule has 98 valence electrons. The normalized spacial score (nSPS) is 11.5. The van der Waals surface area contributed by atoms with Crippen molar-refractivity contribution in [3.05, 3.63) is 64.7 Å². The van der Waals surface area contributed by atoms with Crippen molar-refractivity contribution in [1.82, 2.24) is 0 Å². The van der Waals surface area contributed by atoms with Crippen LogP contribution in [0.2, 0.25) is 5.02 Å². The highest BCUT2D eigenvalue weighted by atomic mass is 35.5. The first kappa shape index (κ1) is 13.8. The standard InChI is InChI=1S/C14H13ClN2OS/c15-12-7-3-1-5-10(12)9-19-13-8-4-2-6-11(13)14(16)17-18/h1-8,18H,9H2,(H2,16,17). The average molecular weight is 293 g/mol. The summed E-state index contributed by atoms with van der Waals surface area (Å²) in [4.78, 5) is 0.956. The Balaban J connectivity index is 2.19. The van der Waals surface area contributed by atoms with Gasteiger partial charge < -0.3 is 10.9 Å². The smallest absolute Gasteiger partial charge is 0.171 e. The number of benzene rings is 2.